The van der Waals surface area contributed by atoms with E-state index in [1.807, 2.05) is 34.5 Å². The Morgan fingerprint density at radius 1 is 1.38 bits per heavy atom. The fraction of sp³-hybridized carbons (Fsp3) is 0.500. The number of nitrogens with two attached hydrogens (primary N) is 1. The van der Waals surface area contributed by atoms with Gasteiger partial charge in [-0.3, -0.25) is 0 Å². The molecule has 4 heteroatoms. The predicted molar refractivity (Wildman–Crippen MR) is 76.3 cm³/mol. The summed E-state index contributed by atoms with van der Waals surface area (Å²) in [7, 11) is 1.93. The molecule has 0 amide bonds. The molecule has 2 nitrogen and oxygen atoms in total. The Kier molecular flexibility index (Phi) is 4.04. The van der Waals surface area contributed by atoms with Crippen LogP contribution in [0.1, 0.15) is 20.8 Å². The van der Waals surface area contributed by atoms with Crippen LogP contribution in [-0.2, 0) is 0 Å². The zero-order chi connectivity index (χ0) is 12.5. The summed E-state index contributed by atoms with van der Waals surface area (Å²) in [5.74, 6) is -0.217. The first-order valence-electron chi connectivity index (χ1n) is 5.16. The van der Waals surface area contributed by atoms with Gasteiger partial charge in [-0.1, -0.05) is 20.8 Å². The second-order valence-electron chi connectivity index (χ2n) is 5.24. The molecule has 1 aromatic carbocycles. The smallest absolute Gasteiger partial charge is 0.138 e. The van der Waals surface area contributed by atoms with Gasteiger partial charge >= 0.3 is 0 Å². The maximum absolute atomic E-state index is 13.5. The minimum Gasteiger partial charge on any atom is -0.397 e. The first kappa shape index (κ1) is 13.5. The van der Waals surface area contributed by atoms with Crippen LogP contribution in [0.4, 0.5) is 15.8 Å². The van der Waals surface area contributed by atoms with Crippen LogP contribution in [0.2, 0.25) is 0 Å². The maximum atomic E-state index is 13.5. The van der Waals surface area contributed by atoms with Crippen LogP contribution < -0.4 is 10.6 Å². The number of halogens is 2. The highest BCUT2D eigenvalue weighted by Gasteiger charge is 2.16. The first-order valence-corrected chi connectivity index (χ1v) is 6.24. The summed E-state index contributed by atoms with van der Waals surface area (Å²) >= 11 is 1.94. The van der Waals surface area contributed by atoms with Crippen molar-refractivity contribution in [2.24, 2.45) is 5.41 Å². The van der Waals surface area contributed by atoms with Gasteiger partial charge in [0.15, 0.2) is 0 Å². The van der Waals surface area contributed by atoms with Gasteiger partial charge in [0.1, 0.15) is 5.82 Å². The van der Waals surface area contributed by atoms with Crippen LogP contribution in [0.3, 0.4) is 0 Å². The van der Waals surface area contributed by atoms with Crippen molar-refractivity contribution in [3.63, 3.8) is 0 Å². The lowest BCUT2D eigenvalue weighted by molar-refractivity contribution is 0.419. The van der Waals surface area contributed by atoms with Gasteiger partial charge < -0.3 is 10.6 Å². The summed E-state index contributed by atoms with van der Waals surface area (Å²) in [6, 6.07) is 3.17. The van der Waals surface area contributed by atoms with Crippen molar-refractivity contribution in [1.29, 1.82) is 0 Å². The lowest BCUT2D eigenvalue weighted by atomic mass is 9.96. The lowest BCUT2D eigenvalue weighted by Crippen LogP contribution is -2.29. The normalized spacial score (nSPS) is 11.6. The van der Waals surface area contributed by atoms with Gasteiger partial charge in [0, 0.05) is 19.7 Å². The molecule has 0 saturated carbocycles. The topological polar surface area (TPSA) is 29.3 Å². The third-order valence-electron chi connectivity index (χ3n) is 2.19. The van der Waals surface area contributed by atoms with Crippen LogP contribution in [0.25, 0.3) is 0 Å². The summed E-state index contributed by atoms with van der Waals surface area (Å²) in [4.78, 5) is 1.99. The number of hydrogen-bond acceptors (Lipinski definition) is 2. The highest BCUT2D eigenvalue weighted by Crippen LogP contribution is 2.28. The van der Waals surface area contributed by atoms with E-state index in [1.165, 1.54) is 6.07 Å². The van der Waals surface area contributed by atoms with E-state index >= 15 is 0 Å². The van der Waals surface area contributed by atoms with Crippen molar-refractivity contribution in [3.8, 4) is 0 Å². The minimum atomic E-state index is -0.217. The Balaban J connectivity index is 3.00. The Morgan fingerprint density at radius 2 is 1.94 bits per heavy atom. The predicted octanol–water partition coefficient (Wildman–Crippen LogP) is 3.49. The van der Waals surface area contributed by atoms with Crippen molar-refractivity contribution in [1.82, 2.24) is 0 Å². The van der Waals surface area contributed by atoms with Gasteiger partial charge in [-0.05, 0) is 34.1 Å². The molecule has 1 aromatic rings. The molecular formula is C12H18FIN2. The molecule has 2 N–H and O–H groups in total. The van der Waals surface area contributed by atoms with Gasteiger partial charge in [-0.2, -0.15) is 0 Å². The molecule has 0 heterocycles. The van der Waals surface area contributed by atoms with Crippen LogP contribution in [0.5, 0.6) is 0 Å². The SMILES string of the molecule is CN(CC(C)(C)C)c1cc(F)c(I)cc1N. The summed E-state index contributed by atoms with van der Waals surface area (Å²) in [6.45, 7) is 7.26. The number of rotatable bonds is 2. The molecule has 16 heavy (non-hydrogen) atoms. The minimum absolute atomic E-state index is 0.153. The van der Waals surface area contributed by atoms with E-state index in [0.29, 0.717) is 9.26 Å². The molecule has 0 unspecified atom stereocenters. The summed E-state index contributed by atoms with van der Waals surface area (Å²) in [5, 5.41) is 0. The number of nitrogen functional groups attached to an aromatic ring is 1. The first-order chi connectivity index (χ1) is 7.20. The number of anilines is 2. The lowest BCUT2D eigenvalue weighted by Gasteiger charge is -2.29. The number of nitrogens with zero attached hydrogens (tertiary/aromatic N) is 1. The standard InChI is InChI=1S/C12H18FIN2/c1-12(2,3)7-16(4)11-5-8(13)9(14)6-10(11)15/h5-6H,7,15H2,1-4H3. The van der Waals surface area contributed by atoms with E-state index in [2.05, 4.69) is 20.8 Å². The zero-order valence-corrected chi connectivity index (χ0v) is 12.3. The third kappa shape index (κ3) is 3.50. The number of hydrogen-bond donors (Lipinski definition) is 1. The van der Waals surface area contributed by atoms with E-state index in [-0.39, 0.29) is 11.2 Å². The van der Waals surface area contributed by atoms with Crippen molar-refractivity contribution < 1.29 is 4.39 Å². The zero-order valence-electron chi connectivity index (χ0n) is 10.1. The van der Waals surface area contributed by atoms with Crippen LogP contribution in [-0.4, -0.2) is 13.6 Å². The van der Waals surface area contributed by atoms with E-state index in [1.54, 1.807) is 6.07 Å². The Bertz CT molecular complexity index is 385. The van der Waals surface area contributed by atoms with Crippen molar-refractivity contribution >= 4 is 34.0 Å². The van der Waals surface area contributed by atoms with Gasteiger partial charge in [-0.25, -0.2) is 4.39 Å². The Labute approximate surface area is 110 Å². The Hall–Kier alpha value is -0.520. The van der Waals surface area contributed by atoms with E-state index in [4.69, 9.17) is 5.73 Å². The summed E-state index contributed by atoms with van der Waals surface area (Å²) < 4.78 is 14.0. The highest BCUT2D eigenvalue weighted by atomic mass is 127. The van der Waals surface area contributed by atoms with Gasteiger partial charge in [0.05, 0.1) is 14.9 Å². The van der Waals surface area contributed by atoms with Crippen molar-refractivity contribution in [2.45, 2.75) is 20.8 Å². The molecule has 0 spiro atoms. The van der Waals surface area contributed by atoms with E-state index in [9.17, 15) is 4.39 Å². The number of benzene rings is 1. The summed E-state index contributed by atoms with van der Waals surface area (Å²) in [6.07, 6.45) is 0. The van der Waals surface area contributed by atoms with Crippen LogP contribution >= 0.6 is 22.6 Å². The second kappa shape index (κ2) is 4.77. The second-order valence-corrected chi connectivity index (χ2v) is 6.40. The molecule has 0 atom stereocenters. The molecule has 0 bridgehead atoms. The fourth-order valence-corrected chi connectivity index (χ4v) is 2.17. The van der Waals surface area contributed by atoms with Crippen LogP contribution in [0.15, 0.2) is 12.1 Å². The molecule has 90 valence electrons. The fourth-order valence-electron chi connectivity index (χ4n) is 1.68. The Morgan fingerprint density at radius 3 is 2.44 bits per heavy atom. The molecule has 0 radical (unpaired) electrons. The molecule has 0 aliphatic rings. The molecular weight excluding hydrogens is 318 g/mol. The average molecular weight is 336 g/mol. The average Bonchev–Trinajstić information content (AvgIpc) is 2.08. The quantitative estimate of drug-likeness (QED) is 0.662. The summed E-state index contributed by atoms with van der Waals surface area (Å²) in [5.41, 5.74) is 7.43. The van der Waals surface area contributed by atoms with Gasteiger partial charge in [0.25, 0.3) is 0 Å². The molecule has 0 aromatic heterocycles. The monoisotopic (exact) mass is 336 g/mol. The molecule has 0 fully saturated rings. The van der Waals surface area contributed by atoms with Crippen LogP contribution in [0, 0.1) is 14.8 Å². The van der Waals surface area contributed by atoms with Crippen molar-refractivity contribution in [3.05, 3.63) is 21.5 Å². The largest absolute Gasteiger partial charge is 0.397 e. The van der Waals surface area contributed by atoms with E-state index < -0.39 is 0 Å². The molecule has 1 rings (SSSR count). The van der Waals surface area contributed by atoms with E-state index in [0.717, 1.165) is 12.2 Å². The third-order valence-corrected chi connectivity index (χ3v) is 3.02. The van der Waals surface area contributed by atoms with Gasteiger partial charge in [-0.15, -0.1) is 0 Å². The molecule has 0 saturated heterocycles. The highest BCUT2D eigenvalue weighted by molar-refractivity contribution is 14.1. The van der Waals surface area contributed by atoms with Crippen molar-refractivity contribution in [2.75, 3.05) is 24.2 Å². The van der Waals surface area contributed by atoms with Gasteiger partial charge in [0.2, 0.25) is 0 Å². The maximum Gasteiger partial charge on any atom is 0.138 e. The molecule has 0 aliphatic heterocycles. The molecule has 0 aliphatic carbocycles.